The average Bonchev–Trinajstić information content (AvgIpc) is 2.88. The van der Waals surface area contributed by atoms with Crippen molar-refractivity contribution >= 4 is 47.2 Å². The summed E-state index contributed by atoms with van der Waals surface area (Å²) in [6.07, 6.45) is 0. The second kappa shape index (κ2) is 11.2. The summed E-state index contributed by atoms with van der Waals surface area (Å²) in [6.45, 7) is 11.5. The van der Waals surface area contributed by atoms with Gasteiger partial charge in [0.2, 0.25) is 14.6 Å². The minimum absolute atomic E-state index is 0.497. The lowest BCUT2D eigenvalue weighted by molar-refractivity contribution is 0.587. The lowest BCUT2D eigenvalue weighted by Gasteiger charge is -2.19. The molecule has 0 N–H and O–H groups in total. The summed E-state index contributed by atoms with van der Waals surface area (Å²) < 4.78 is 39.2. The van der Waals surface area contributed by atoms with Crippen LogP contribution in [-0.4, -0.2) is 11.4 Å². The maximum atomic E-state index is 14.7. The molecule has 38 heavy (non-hydrogen) atoms. The number of nitrogens with zero attached hydrogens (tertiary/aromatic N) is 2. The number of rotatable bonds is 7. The van der Waals surface area contributed by atoms with Crippen LogP contribution >= 0.6 is 14.6 Å². The molecule has 0 saturated carbocycles. The Labute approximate surface area is 226 Å². The van der Waals surface area contributed by atoms with Crippen molar-refractivity contribution in [1.82, 2.24) is 0 Å². The molecule has 0 fully saturated rings. The Morgan fingerprint density at radius 1 is 0.474 bits per heavy atom. The standard InChI is InChI=1S/C32H34N2O2P2/c1-23-11-7-15-29(19-23)37(35,30-16-8-12-24(2)20-30)33-27(5)28(6)34-38(36,31-17-9-13-25(3)21-31)32-18-10-14-26(4)22-32/h7-22H,1-6H3. The van der Waals surface area contributed by atoms with Gasteiger partial charge in [0.1, 0.15) is 0 Å². The van der Waals surface area contributed by atoms with E-state index in [1.54, 1.807) is 13.8 Å². The molecular weight excluding hydrogens is 506 g/mol. The summed E-state index contributed by atoms with van der Waals surface area (Å²) >= 11 is 0. The first-order valence-electron chi connectivity index (χ1n) is 12.6. The number of hydrogen-bond donors (Lipinski definition) is 0. The Balaban J connectivity index is 1.91. The monoisotopic (exact) mass is 540 g/mol. The van der Waals surface area contributed by atoms with Crippen molar-refractivity contribution in [2.75, 3.05) is 0 Å². The van der Waals surface area contributed by atoms with Crippen LogP contribution in [-0.2, 0) is 9.13 Å². The smallest absolute Gasteiger partial charge is 0.247 e. The van der Waals surface area contributed by atoms with Crippen LogP contribution in [0.5, 0.6) is 0 Å². The molecule has 0 heterocycles. The van der Waals surface area contributed by atoms with Crippen molar-refractivity contribution in [1.29, 1.82) is 0 Å². The highest BCUT2D eigenvalue weighted by Gasteiger charge is 2.30. The van der Waals surface area contributed by atoms with Gasteiger partial charge in [-0.1, -0.05) is 70.8 Å². The van der Waals surface area contributed by atoms with Crippen molar-refractivity contribution in [3.63, 3.8) is 0 Å². The van der Waals surface area contributed by atoms with Crippen LogP contribution < -0.4 is 21.2 Å². The Bertz CT molecular complexity index is 1430. The quantitative estimate of drug-likeness (QED) is 0.187. The van der Waals surface area contributed by atoms with E-state index in [0.29, 0.717) is 32.6 Å². The van der Waals surface area contributed by atoms with Gasteiger partial charge in [-0.3, -0.25) is 9.13 Å². The third-order valence-corrected chi connectivity index (χ3v) is 11.6. The first-order chi connectivity index (χ1) is 18.0. The van der Waals surface area contributed by atoms with Gasteiger partial charge < -0.3 is 0 Å². The molecule has 4 nitrogen and oxygen atoms in total. The first-order valence-corrected chi connectivity index (χ1v) is 16.0. The SMILES string of the molecule is CC(=NP(=O)(c1cccc(C)c1)c1cccc(C)c1)C(C)=NP(=O)(c1cccc(C)c1)c1cccc(C)c1. The molecule has 0 radical (unpaired) electrons. The van der Waals surface area contributed by atoms with Crippen molar-refractivity contribution in [3.05, 3.63) is 119 Å². The molecule has 4 rings (SSSR count). The molecule has 0 bridgehead atoms. The van der Waals surface area contributed by atoms with E-state index in [4.69, 9.17) is 9.53 Å². The van der Waals surface area contributed by atoms with E-state index in [1.165, 1.54) is 0 Å². The van der Waals surface area contributed by atoms with Gasteiger partial charge in [-0.15, -0.1) is 0 Å². The number of benzene rings is 4. The van der Waals surface area contributed by atoms with Crippen LogP contribution in [0.15, 0.2) is 107 Å². The lowest BCUT2D eigenvalue weighted by atomic mass is 10.2. The Hall–Kier alpha value is -3.32. The summed E-state index contributed by atoms with van der Waals surface area (Å²) in [5, 5.41) is 2.65. The fourth-order valence-corrected chi connectivity index (χ4v) is 9.22. The van der Waals surface area contributed by atoms with Crippen molar-refractivity contribution in [3.8, 4) is 0 Å². The lowest BCUT2D eigenvalue weighted by Crippen LogP contribution is -2.20. The molecule has 4 aromatic rings. The maximum Gasteiger partial charge on any atom is 0.247 e. The summed E-state index contributed by atoms with van der Waals surface area (Å²) in [6, 6.07) is 30.7. The molecular formula is C32H34N2O2P2. The van der Waals surface area contributed by atoms with Crippen LogP contribution in [0.1, 0.15) is 36.1 Å². The predicted molar refractivity (Wildman–Crippen MR) is 165 cm³/mol. The molecule has 194 valence electrons. The molecule has 4 aromatic carbocycles. The van der Waals surface area contributed by atoms with Crippen LogP contribution in [0, 0.1) is 27.7 Å². The third-order valence-electron chi connectivity index (χ3n) is 6.51. The highest BCUT2D eigenvalue weighted by atomic mass is 31.2. The second-order valence-corrected chi connectivity index (χ2v) is 14.6. The van der Waals surface area contributed by atoms with Crippen LogP contribution in [0.3, 0.4) is 0 Å². The second-order valence-electron chi connectivity index (χ2n) is 9.88. The van der Waals surface area contributed by atoms with E-state index in [9.17, 15) is 9.13 Å². The predicted octanol–water partition coefficient (Wildman–Crippen LogP) is 7.00. The summed E-state index contributed by atoms with van der Waals surface area (Å²) in [4.78, 5) is 0. The molecule has 0 aromatic heterocycles. The first kappa shape index (κ1) is 27.7. The van der Waals surface area contributed by atoms with Gasteiger partial charge in [-0.2, -0.15) is 0 Å². The normalized spacial score (nSPS) is 13.0. The Morgan fingerprint density at radius 3 is 0.921 bits per heavy atom. The molecule has 6 heteroatoms. The molecule has 0 saturated heterocycles. The largest absolute Gasteiger partial charge is 0.288 e. The van der Waals surface area contributed by atoms with E-state index in [1.807, 2.05) is 125 Å². The van der Waals surface area contributed by atoms with E-state index >= 15 is 0 Å². The zero-order valence-corrected chi connectivity index (χ0v) is 24.6. The zero-order chi connectivity index (χ0) is 27.5. The molecule has 0 atom stereocenters. The molecule has 0 spiro atoms. The van der Waals surface area contributed by atoms with Crippen molar-refractivity contribution < 1.29 is 9.13 Å². The van der Waals surface area contributed by atoms with E-state index in [0.717, 1.165) is 22.3 Å². The maximum absolute atomic E-state index is 14.7. The van der Waals surface area contributed by atoms with Crippen LogP contribution in [0.4, 0.5) is 0 Å². The van der Waals surface area contributed by atoms with Gasteiger partial charge in [0, 0.05) is 21.2 Å². The Kier molecular flexibility index (Phi) is 8.16. The fraction of sp³-hybridized carbons (Fsp3) is 0.188. The van der Waals surface area contributed by atoms with E-state index < -0.39 is 14.6 Å². The third kappa shape index (κ3) is 5.88. The van der Waals surface area contributed by atoms with Crippen LogP contribution in [0.2, 0.25) is 0 Å². The van der Waals surface area contributed by atoms with E-state index in [-0.39, 0.29) is 0 Å². The highest BCUT2D eigenvalue weighted by molar-refractivity contribution is 7.78. The molecule has 0 aliphatic carbocycles. The Morgan fingerprint density at radius 2 is 0.711 bits per heavy atom. The van der Waals surface area contributed by atoms with Gasteiger partial charge >= 0.3 is 0 Å². The van der Waals surface area contributed by atoms with Gasteiger partial charge in [0.05, 0.1) is 11.4 Å². The summed E-state index contributed by atoms with van der Waals surface area (Å²) in [5.74, 6) is 0. The summed E-state index contributed by atoms with van der Waals surface area (Å²) in [7, 11) is -6.79. The zero-order valence-electron chi connectivity index (χ0n) is 22.8. The van der Waals surface area contributed by atoms with Crippen LogP contribution in [0.25, 0.3) is 0 Å². The highest BCUT2D eigenvalue weighted by Crippen LogP contribution is 2.48. The van der Waals surface area contributed by atoms with Gasteiger partial charge in [-0.25, -0.2) is 9.53 Å². The van der Waals surface area contributed by atoms with Gasteiger partial charge in [-0.05, 0) is 90.1 Å². The van der Waals surface area contributed by atoms with Gasteiger partial charge in [0.15, 0.2) is 0 Å². The molecule has 0 aliphatic heterocycles. The van der Waals surface area contributed by atoms with E-state index in [2.05, 4.69) is 0 Å². The van der Waals surface area contributed by atoms with Crippen molar-refractivity contribution in [2.24, 2.45) is 9.53 Å². The van der Waals surface area contributed by atoms with Gasteiger partial charge in [0.25, 0.3) is 0 Å². The summed E-state index contributed by atoms with van der Waals surface area (Å²) in [5.41, 5.74) is 5.04. The average molecular weight is 541 g/mol. The minimum Gasteiger partial charge on any atom is -0.288 e. The molecule has 0 aliphatic rings. The fourth-order valence-electron chi connectivity index (χ4n) is 4.36. The number of hydrogen-bond acceptors (Lipinski definition) is 2. The number of aryl methyl sites for hydroxylation is 4. The van der Waals surface area contributed by atoms with Crippen molar-refractivity contribution in [2.45, 2.75) is 41.5 Å². The molecule has 0 unspecified atom stereocenters. The molecule has 0 amide bonds. The minimum atomic E-state index is -3.40. The topological polar surface area (TPSA) is 58.9 Å².